The van der Waals surface area contributed by atoms with Gasteiger partial charge in [0.25, 0.3) is 0 Å². The highest BCUT2D eigenvalue weighted by Gasteiger charge is 2.17. The van der Waals surface area contributed by atoms with Crippen LogP contribution in [0.15, 0.2) is 6.20 Å². The summed E-state index contributed by atoms with van der Waals surface area (Å²) in [6.45, 7) is 0. The predicted octanol–water partition coefficient (Wildman–Crippen LogP) is 0.172. The highest BCUT2D eigenvalue weighted by Crippen LogP contribution is 2.18. The number of rotatable bonds is 0. The number of fused-ring (bicyclic) bond motifs is 1. The SMILES string of the molecule is O=S1Cc2cn[nH]c2C1. The van der Waals surface area contributed by atoms with Crippen LogP contribution in [0.25, 0.3) is 0 Å². The first-order valence-corrected chi connectivity index (χ1v) is 4.21. The molecule has 2 heterocycles. The Balaban J connectivity index is 2.49. The molecule has 1 atom stereocenters. The van der Waals surface area contributed by atoms with Gasteiger partial charge in [0.15, 0.2) is 0 Å². The smallest absolute Gasteiger partial charge is 0.0659 e. The lowest BCUT2D eigenvalue weighted by Gasteiger charge is -1.80. The number of H-pyrrole nitrogens is 1. The summed E-state index contributed by atoms with van der Waals surface area (Å²) in [4.78, 5) is 0. The molecule has 0 saturated heterocycles. The van der Waals surface area contributed by atoms with Crippen LogP contribution in [0.3, 0.4) is 0 Å². The summed E-state index contributed by atoms with van der Waals surface area (Å²) in [6.07, 6.45) is 1.75. The minimum Gasteiger partial charge on any atom is -0.281 e. The van der Waals surface area contributed by atoms with E-state index in [-0.39, 0.29) is 0 Å². The second-order valence-electron chi connectivity index (χ2n) is 2.10. The van der Waals surface area contributed by atoms with Crippen LogP contribution in [0.4, 0.5) is 0 Å². The van der Waals surface area contributed by atoms with Crippen molar-refractivity contribution in [3.8, 4) is 0 Å². The Bertz CT molecular complexity index is 233. The van der Waals surface area contributed by atoms with E-state index in [1.54, 1.807) is 6.20 Å². The Labute approximate surface area is 54.9 Å². The Morgan fingerprint density at radius 2 is 2.56 bits per heavy atom. The van der Waals surface area contributed by atoms with Gasteiger partial charge in [0, 0.05) is 16.4 Å². The zero-order chi connectivity index (χ0) is 6.27. The summed E-state index contributed by atoms with van der Waals surface area (Å²) in [5.74, 6) is 1.35. The molecule has 3 nitrogen and oxygen atoms in total. The number of hydrogen-bond acceptors (Lipinski definition) is 2. The quantitative estimate of drug-likeness (QED) is 0.561. The molecule has 1 aliphatic heterocycles. The molecule has 48 valence electrons. The van der Waals surface area contributed by atoms with Gasteiger partial charge in [-0.25, -0.2) is 0 Å². The van der Waals surface area contributed by atoms with E-state index in [1.165, 1.54) is 0 Å². The molecule has 0 bridgehead atoms. The normalized spacial score (nSPS) is 24.2. The molecular weight excluding hydrogens is 136 g/mol. The molecule has 1 unspecified atom stereocenters. The van der Waals surface area contributed by atoms with Crippen molar-refractivity contribution in [3.63, 3.8) is 0 Å². The predicted molar refractivity (Wildman–Crippen MR) is 34.1 cm³/mol. The van der Waals surface area contributed by atoms with Crippen molar-refractivity contribution in [1.29, 1.82) is 0 Å². The van der Waals surface area contributed by atoms with E-state index in [1.807, 2.05) is 0 Å². The molecule has 1 aromatic rings. The van der Waals surface area contributed by atoms with Crippen LogP contribution in [0.5, 0.6) is 0 Å². The van der Waals surface area contributed by atoms with E-state index in [0.29, 0.717) is 11.5 Å². The van der Waals surface area contributed by atoms with Gasteiger partial charge in [-0.2, -0.15) is 5.10 Å². The first-order chi connectivity index (χ1) is 4.36. The molecule has 9 heavy (non-hydrogen) atoms. The maximum Gasteiger partial charge on any atom is 0.0659 e. The Morgan fingerprint density at radius 3 is 3.33 bits per heavy atom. The fourth-order valence-corrected chi connectivity index (χ4v) is 2.24. The summed E-state index contributed by atoms with van der Waals surface area (Å²) in [5.41, 5.74) is 2.17. The third-order valence-electron chi connectivity index (χ3n) is 1.43. The number of hydrogen-bond donors (Lipinski definition) is 1. The van der Waals surface area contributed by atoms with Crippen molar-refractivity contribution in [2.24, 2.45) is 0 Å². The fourth-order valence-electron chi connectivity index (χ4n) is 0.973. The van der Waals surface area contributed by atoms with Gasteiger partial charge in [0.05, 0.1) is 23.4 Å². The highest BCUT2D eigenvalue weighted by atomic mass is 32.2. The van der Waals surface area contributed by atoms with E-state index in [2.05, 4.69) is 10.2 Å². The summed E-state index contributed by atoms with van der Waals surface area (Å²) in [5, 5.41) is 6.62. The molecule has 0 radical (unpaired) electrons. The largest absolute Gasteiger partial charge is 0.281 e. The first kappa shape index (κ1) is 5.17. The Kier molecular flexibility index (Phi) is 0.958. The average Bonchev–Trinajstić information content (AvgIpc) is 2.22. The van der Waals surface area contributed by atoms with Gasteiger partial charge in [0.1, 0.15) is 0 Å². The van der Waals surface area contributed by atoms with Crippen molar-refractivity contribution < 1.29 is 4.21 Å². The summed E-state index contributed by atoms with van der Waals surface area (Å²) in [6, 6.07) is 0. The number of aromatic amines is 1. The second kappa shape index (κ2) is 1.67. The van der Waals surface area contributed by atoms with Gasteiger partial charge in [-0.05, 0) is 0 Å². The van der Waals surface area contributed by atoms with Crippen LogP contribution in [0.1, 0.15) is 11.3 Å². The van der Waals surface area contributed by atoms with Crippen molar-refractivity contribution in [2.45, 2.75) is 11.5 Å². The number of nitrogens with zero attached hydrogens (tertiary/aromatic N) is 1. The van der Waals surface area contributed by atoms with Crippen LogP contribution >= 0.6 is 0 Å². The van der Waals surface area contributed by atoms with Gasteiger partial charge < -0.3 is 0 Å². The first-order valence-electron chi connectivity index (χ1n) is 2.72. The lowest BCUT2D eigenvalue weighted by atomic mass is 10.3. The molecule has 0 fully saturated rings. The van der Waals surface area contributed by atoms with Gasteiger partial charge in [-0.1, -0.05) is 0 Å². The molecule has 2 rings (SSSR count). The molecule has 0 aromatic carbocycles. The molecule has 1 aromatic heterocycles. The molecule has 0 amide bonds. The molecule has 1 aliphatic rings. The van der Waals surface area contributed by atoms with Crippen molar-refractivity contribution >= 4 is 10.8 Å². The van der Waals surface area contributed by atoms with Gasteiger partial charge in [-0.15, -0.1) is 0 Å². The maximum absolute atomic E-state index is 10.8. The summed E-state index contributed by atoms with van der Waals surface area (Å²) < 4.78 is 10.8. The van der Waals surface area contributed by atoms with E-state index in [9.17, 15) is 4.21 Å². The summed E-state index contributed by atoms with van der Waals surface area (Å²) in [7, 11) is -0.659. The maximum atomic E-state index is 10.8. The molecule has 1 N–H and O–H groups in total. The van der Waals surface area contributed by atoms with Crippen molar-refractivity contribution in [3.05, 3.63) is 17.5 Å². The third-order valence-corrected chi connectivity index (χ3v) is 2.67. The zero-order valence-corrected chi connectivity index (χ0v) is 5.57. The van der Waals surface area contributed by atoms with Gasteiger partial charge in [-0.3, -0.25) is 9.31 Å². The lowest BCUT2D eigenvalue weighted by Crippen LogP contribution is -1.86. The van der Waals surface area contributed by atoms with Gasteiger partial charge >= 0.3 is 0 Å². The lowest BCUT2D eigenvalue weighted by molar-refractivity contribution is 0.684. The number of nitrogens with one attached hydrogen (secondary N) is 1. The van der Waals surface area contributed by atoms with Crippen LogP contribution < -0.4 is 0 Å². The molecule has 0 saturated carbocycles. The standard InChI is InChI=1S/C5H6N2OS/c8-9-2-4-1-6-7-5(4)3-9/h1H,2-3H2,(H,6,7). The van der Waals surface area contributed by atoms with E-state index in [4.69, 9.17) is 0 Å². The topological polar surface area (TPSA) is 45.8 Å². The van der Waals surface area contributed by atoms with Gasteiger partial charge in [0.2, 0.25) is 0 Å². The average molecular weight is 142 g/mol. The molecular formula is C5H6N2OS. The van der Waals surface area contributed by atoms with Crippen LogP contribution in [-0.4, -0.2) is 14.4 Å². The third kappa shape index (κ3) is 0.702. The summed E-state index contributed by atoms with van der Waals surface area (Å²) >= 11 is 0. The van der Waals surface area contributed by atoms with Crippen molar-refractivity contribution in [1.82, 2.24) is 10.2 Å². The minimum absolute atomic E-state index is 0.659. The Morgan fingerprint density at radius 1 is 1.67 bits per heavy atom. The molecule has 0 aliphatic carbocycles. The highest BCUT2D eigenvalue weighted by molar-refractivity contribution is 7.83. The van der Waals surface area contributed by atoms with Crippen molar-refractivity contribution in [2.75, 3.05) is 0 Å². The molecule has 0 spiro atoms. The zero-order valence-electron chi connectivity index (χ0n) is 4.76. The second-order valence-corrected chi connectivity index (χ2v) is 3.56. The van der Waals surface area contributed by atoms with Crippen LogP contribution in [-0.2, 0) is 22.3 Å². The molecule has 4 heteroatoms. The monoisotopic (exact) mass is 142 g/mol. The number of aromatic nitrogens is 2. The Hall–Kier alpha value is -0.640. The fraction of sp³-hybridized carbons (Fsp3) is 0.400. The van der Waals surface area contributed by atoms with E-state index in [0.717, 1.165) is 11.3 Å². The van der Waals surface area contributed by atoms with E-state index >= 15 is 0 Å². The van der Waals surface area contributed by atoms with Crippen LogP contribution in [0.2, 0.25) is 0 Å². The van der Waals surface area contributed by atoms with E-state index < -0.39 is 10.8 Å². The minimum atomic E-state index is -0.659. The van der Waals surface area contributed by atoms with Crippen LogP contribution in [0, 0.1) is 0 Å².